The zero-order valence-corrected chi connectivity index (χ0v) is 18.3. The zero-order valence-electron chi connectivity index (χ0n) is 18.3. The first-order chi connectivity index (χ1) is 15.3. The molecular formula is C23H24N4O5. The molecule has 9 nitrogen and oxygen atoms in total. The van der Waals surface area contributed by atoms with E-state index in [1.165, 1.54) is 4.90 Å². The summed E-state index contributed by atoms with van der Waals surface area (Å²) in [5, 5.41) is 6.81. The Labute approximate surface area is 184 Å². The first kappa shape index (κ1) is 21.4. The van der Waals surface area contributed by atoms with E-state index in [1.807, 2.05) is 6.92 Å². The van der Waals surface area contributed by atoms with Crippen molar-refractivity contribution in [1.82, 2.24) is 9.72 Å². The van der Waals surface area contributed by atoms with Crippen molar-refractivity contribution in [3.05, 3.63) is 59.1 Å². The summed E-state index contributed by atoms with van der Waals surface area (Å²) in [6.45, 7) is 6.75. The van der Waals surface area contributed by atoms with Crippen molar-refractivity contribution in [1.29, 1.82) is 0 Å². The van der Waals surface area contributed by atoms with E-state index in [-0.39, 0.29) is 18.4 Å². The molecule has 1 aromatic carbocycles. The highest BCUT2D eigenvalue weighted by Crippen LogP contribution is 2.31. The number of hydrogen-bond acceptors (Lipinski definition) is 6. The van der Waals surface area contributed by atoms with Gasteiger partial charge in [0.1, 0.15) is 5.76 Å². The van der Waals surface area contributed by atoms with Gasteiger partial charge in [-0.25, -0.2) is 4.79 Å². The Morgan fingerprint density at radius 2 is 1.97 bits per heavy atom. The number of rotatable bonds is 4. The van der Waals surface area contributed by atoms with Gasteiger partial charge in [-0.05, 0) is 45.9 Å². The van der Waals surface area contributed by atoms with Crippen molar-refractivity contribution in [2.24, 2.45) is 0 Å². The maximum atomic E-state index is 13.0. The smallest absolute Gasteiger partial charge is 0.340 e. The zero-order chi connectivity index (χ0) is 23.0. The van der Waals surface area contributed by atoms with Crippen molar-refractivity contribution >= 4 is 29.2 Å². The summed E-state index contributed by atoms with van der Waals surface area (Å²) in [6.07, 6.45) is 0.145. The molecule has 2 amide bonds. The van der Waals surface area contributed by atoms with Crippen molar-refractivity contribution in [3.63, 3.8) is 0 Å². The first-order valence-electron chi connectivity index (χ1n) is 10.3. The molecule has 1 aliphatic rings. The van der Waals surface area contributed by atoms with Crippen molar-refractivity contribution in [2.45, 2.75) is 40.2 Å². The molecule has 0 saturated carbocycles. The van der Waals surface area contributed by atoms with Crippen LogP contribution in [0.1, 0.15) is 40.9 Å². The second-order valence-electron chi connectivity index (χ2n) is 7.87. The van der Waals surface area contributed by atoms with E-state index < -0.39 is 18.5 Å². The van der Waals surface area contributed by atoms with Crippen LogP contribution in [-0.2, 0) is 14.3 Å². The highest BCUT2D eigenvalue weighted by molar-refractivity contribution is 6.05. The van der Waals surface area contributed by atoms with Crippen LogP contribution in [0, 0.1) is 20.8 Å². The lowest BCUT2D eigenvalue weighted by Gasteiger charge is -2.27. The minimum atomic E-state index is -0.608. The Kier molecular flexibility index (Phi) is 5.56. The molecule has 3 aromatic rings. The Morgan fingerprint density at radius 1 is 1.22 bits per heavy atom. The summed E-state index contributed by atoms with van der Waals surface area (Å²) in [4.78, 5) is 39.4. The fourth-order valence-electron chi connectivity index (χ4n) is 4.02. The van der Waals surface area contributed by atoms with Crippen molar-refractivity contribution in [3.8, 4) is 5.82 Å². The van der Waals surface area contributed by atoms with Crippen LogP contribution >= 0.6 is 0 Å². The molecule has 2 aromatic heterocycles. The number of nitrogens with zero attached hydrogens (tertiary/aromatic N) is 3. The van der Waals surface area contributed by atoms with Crippen LogP contribution in [0.15, 0.2) is 40.9 Å². The molecule has 1 atom stereocenters. The molecule has 0 saturated heterocycles. The van der Waals surface area contributed by atoms with E-state index in [1.54, 1.807) is 61.7 Å². The molecule has 1 aliphatic heterocycles. The number of aromatic nitrogens is 2. The maximum Gasteiger partial charge on any atom is 0.340 e. The van der Waals surface area contributed by atoms with Crippen LogP contribution in [0.2, 0.25) is 0 Å². The number of para-hydroxylation sites is 2. The lowest BCUT2D eigenvalue weighted by molar-refractivity contribution is -0.122. The van der Waals surface area contributed by atoms with Gasteiger partial charge in [0.15, 0.2) is 12.4 Å². The summed E-state index contributed by atoms with van der Waals surface area (Å²) in [6, 6.07) is 10.1. The van der Waals surface area contributed by atoms with Crippen LogP contribution in [0.3, 0.4) is 0 Å². The summed E-state index contributed by atoms with van der Waals surface area (Å²) >= 11 is 0. The topological polar surface area (TPSA) is 107 Å². The normalized spacial score (nSPS) is 15.7. The Bertz CT molecular complexity index is 1210. The van der Waals surface area contributed by atoms with Gasteiger partial charge >= 0.3 is 5.97 Å². The number of anilines is 2. The van der Waals surface area contributed by atoms with Gasteiger partial charge < -0.3 is 19.5 Å². The predicted molar refractivity (Wildman–Crippen MR) is 117 cm³/mol. The van der Waals surface area contributed by atoms with E-state index >= 15 is 0 Å². The number of benzene rings is 1. The predicted octanol–water partition coefficient (Wildman–Crippen LogP) is 3.31. The van der Waals surface area contributed by atoms with E-state index in [9.17, 15) is 14.4 Å². The third-order valence-electron chi connectivity index (χ3n) is 5.45. The third-order valence-corrected chi connectivity index (χ3v) is 5.45. The third kappa shape index (κ3) is 3.89. The molecule has 1 unspecified atom stereocenters. The summed E-state index contributed by atoms with van der Waals surface area (Å²) in [5.74, 6) is 0.0354. The van der Waals surface area contributed by atoms with Crippen molar-refractivity contribution < 1.29 is 23.6 Å². The fourth-order valence-corrected chi connectivity index (χ4v) is 4.02. The average molecular weight is 436 g/mol. The monoisotopic (exact) mass is 436 g/mol. The molecule has 32 heavy (non-hydrogen) atoms. The second kappa shape index (κ2) is 8.33. The van der Waals surface area contributed by atoms with Gasteiger partial charge in [-0.3, -0.25) is 14.2 Å². The van der Waals surface area contributed by atoms with E-state index in [0.717, 1.165) is 5.69 Å². The molecule has 0 aliphatic carbocycles. The van der Waals surface area contributed by atoms with Crippen molar-refractivity contribution in [2.75, 3.05) is 16.8 Å². The maximum absolute atomic E-state index is 13.0. The number of ether oxygens (including phenoxy) is 1. The van der Waals surface area contributed by atoms with Gasteiger partial charge in [0.05, 0.1) is 16.9 Å². The number of carbonyl (C=O) groups is 3. The molecule has 3 heterocycles. The largest absolute Gasteiger partial charge is 0.452 e. The SMILES string of the molecule is Cc1cc(-n2c(C)cc(C(=O)OCC(=O)N3c4ccccc4NC(=O)CC3C)c2C)no1. The van der Waals surface area contributed by atoms with Crippen LogP contribution in [0.5, 0.6) is 0 Å². The van der Waals surface area contributed by atoms with E-state index in [2.05, 4.69) is 10.5 Å². The summed E-state index contributed by atoms with van der Waals surface area (Å²) in [7, 11) is 0. The molecule has 0 radical (unpaired) electrons. The quantitative estimate of drug-likeness (QED) is 0.629. The lowest BCUT2D eigenvalue weighted by atomic mass is 10.1. The average Bonchev–Trinajstić information content (AvgIpc) is 3.25. The minimum Gasteiger partial charge on any atom is -0.452 e. The fraction of sp³-hybridized carbons (Fsp3) is 0.304. The van der Waals surface area contributed by atoms with Gasteiger partial charge in [0.2, 0.25) is 5.91 Å². The molecule has 0 bridgehead atoms. The lowest BCUT2D eigenvalue weighted by Crippen LogP contribution is -2.41. The second-order valence-corrected chi connectivity index (χ2v) is 7.87. The van der Waals surface area contributed by atoms with Crippen LogP contribution in [0.25, 0.3) is 5.82 Å². The Morgan fingerprint density at radius 3 is 2.69 bits per heavy atom. The summed E-state index contributed by atoms with van der Waals surface area (Å²) < 4.78 is 12.3. The van der Waals surface area contributed by atoms with Gasteiger partial charge in [-0.1, -0.05) is 17.3 Å². The van der Waals surface area contributed by atoms with Gasteiger partial charge in [-0.15, -0.1) is 0 Å². The number of carbonyl (C=O) groups excluding carboxylic acids is 3. The van der Waals surface area contributed by atoms with Gasteiger partial charge in [0.25, 0.3) is 5.91 Å². The molecular weight excluding hydrogens is 412 g/mol. The molecule has 0 fully saturated rings. The number of nitrogens with one attached hydrogen (secondary N) is 1. The standard InChI is InChI=1S/C23H24N4O5/c1-13-9-17(16(4)26(13)20-11-15(3)32-25-20)23(30)31-12-22(29)27-14(2)10-21(28)24-18-7-5-6-8-19(18)27/h5-9,11,14H,10,12H2,1-4H3,(H,24,28). The number of aryl methyl sites for hydroxylation is 2. The Balaban J connectivity index is 1.52. The number of amides is 2. The number of hydrogen-bond donors (Lipinski definition) is 1. The molecule has 1 N–H and O–H groups in total. The number of esters is 1. The minimum absolute atomic E-state index is 0.145. The van der Waals surface area contributed by atoms with Crippen LogP contribution < -0.4 is 10.2 Å². The molecule has 4 rings (SSSR count). The number of fused-ring (bicyclic) bond motifs is 1. The first-order valence-corrected chi connectivity index (χ1v) is 10.3. The highest BCUT2D eigenvalue weighted by atomic mass is 16.5. The van der Waals surface area contributed by atoms with Crippen LogP contribution in [-0.4, -0.2) is 40.2 Å². The molecule has 9 heteroatoms. The Hall–Kier alpha value is -3.88. The summed E-state index contributed by atoms with van der Waals surface area (Å²) in [5.41, 5.74) is 2.89. The van der Waals surface area contributed by atoms with Gasteiger partial charge in [0, 0.05) is 29.9 Å². The van der Waals surface area contributed by atoms with Gasteiger partial charge in [-0.2, -0.15) is 0 Å². The molecule has 0 spiro atoms. The van der Waals surface area contributed by atoms with E-state index in [0.29, 0.717) is 34.2 Å². The highest BCUT2D eigenvalue weighted by Gasteiger charge is 2.30. The van der Waals surface area contributed by atoms with E-state index in [4.69, 9.17) is 9.26 Å². The molecule has 166 valence electrons. The van der Waals surface area contributed by atoms with Crippen LogP contribution in [0.4, 0.5) is 11.4 Å².